The lowest BCUT2D eigenvalue weighted by atomic mass is 9.91. The highest BCUT2D eigenvalue weighted by Gasteiger charge is 2.12. The number of Topliss-reactive ketones (excluding diaryl/α,β-unsaturated/α-hetero) is 1. The molecule has 1 unspecified atom stereocenters. The van der Waals surface area contributed by atoms with E-state index in [2.05, 4.69) is 6.92 Å². The average molecular weight is 273 g/mol. The van der Waals surface area contributed by atoms with E-state index in [0.717, 1.165) is 18.4 Å². The minimum absolute atomic E-state index is 0.316. The second kappa shape index (κ2) is 7.03. The number of hydrogen-bond acceptors (Lipinski definition) is 1. The standard InChI is InChI=1S/C14H18Cl2O/c1-3-10(5-6-14(17)4-2)11-7-12(15)9-13(16)8-11/h7-10H,3-6H2,1-2H3. The van der Waals surface area contributed by atoms with Crippen molar-refractivity contribution in [2.24, 2.45) is 0 Å². The minimum atomic E-state index is 0.316. The second-order valence-electron chi connectivity index (χ2n) is 4.24. The molecule has 0 saturated heterocycles. The van der Waals surface area contributed by atoms with Crippen molar-refractivity contribution in [2.45, 2.75) is 45.4 Å². The van der Waals surface area contributed by atoms with Crippen molar-refractivity contribution in [3.63, 3.8) is 0 Å². The lowest BCUT2D eigenvalue weighted by molar-refractivity contribution is -0.118. The molecule has 0 heterocycles. The summed E-state index contributed by atoms with van der Waals surface area (Å²) in [6, 6.07) is 5.62. The van der Waals surface area contributed by atoms with Gasteiger partial charge in [0.25, 0.3) is 0 Å². The topological polar surface area (TPSA) is 17.1 Å². The Morgan fingerprint density at radius 1 is 1.18 bits per heavy atom. The Balaban J connectivity index is 2.75. The van der Waals surface area contributed by atoms with Gasteiger partial charge >= 0.3 is 0 Å². The van der Waals surface area contributed by atoms with Crippen LogP contribution in [0.3, 0.4) is 0 Å². The van der Waals surface area contributed by atoms with Gasteiger partial charge < -0.3 is 0 Å². The van der Waals surface area contributed by atoms with Crippen LogP contribution >= 0.6 is 23.2 Å². The van der Waals surface area contributed by atoms with Gasteiger partial charge in [0.15, 0.2) is 0 Å². The van der Waals surface area contributed by atoms with Gasteiger partial charge in [0.2, 0.25) is 0 Å². The van der Waals surface area contributed by atoms with Crippen LogP contribution in [0.4, 0.5) is 0 Å². The monoisotopic (exact) mass is 272 g/mol. The van der Waals surface area contributed by atoms with Crippen LogP contribution in [0.5, 0.6) is 0 Å². The molecule has 0 spiro atoms. The van der Waals surface area contributed by atoms with Crippen molar-refractivity contribution in [2.75, 3.05) is 0 Å². The predicted octanol–water partition coefficient (Wildman–Crippen LogP) is 5.25. The van der Waals surface area contributed by atoms with Gasteiger partial charge in [0, 0.05) is 22.9 Å². The van der Waals surface area contributed by atoms with E-state index < -0.39 is 0 Å². The van der Waals surface area contributed by atoms with E-state index in [-0.39, 0.29) is 0 Å². The maximum Gasteiger partial charge on any atom is 0.132 e. The Hall–Kier alpha value is -0.530. The highest BCUT2D eigenvalue weighted by Crippen LogP contribution is 2.29. The van der Waals surface area contributed by atoms with Gasteiger partial charge in [0.1, 0.15) is 5.78 Å². The van der Waals surface area contributed by atoms with E-state index in [9.17, 15) is 4.79 Å². The normalized spacial score (nSPS) is 12.5. The third-order valence-electron chi connectivity index (χ3n) is 3.02. The van der Waals surface area contributed by atoms with E-state index in [4.69, 9.17) is 23.2 Å². The molecule has 0 amide bonds. The number of ketones is 1. The molecule has 0 aliphatic heterocycles. The zero-order valence-corrected chi connectivity index (χ0v) is 11.8. The molecule has 3 heteroatoms. The molecule has 0 N–H and O–H groups in total. The van der Waals surface area contributed by atoms with E-state index in [0.29, 0.717) is 34.6 Å². The SMILES string of the molecule is CCC(=O)CCC(CC)c1cc(Cl)cc(Cl)c1. The summed E-state index contributed by atoms with van der Waals surface area (Å²) in [4.78, 5) is 11.3. The fourth-order valence-electron chi connectivity index (χ4n) is 1.93. The number of carbonyl (C=O) groups is 1. The molecule has 17 heavy (non-hydrogen) atoms. The molecule has 1 nitrogen and oxygen atoms in total. The number of hydrogen-bond donors (Lipinski definition) is 0. The van der Waals surface area contributed by atoms with Crippen LogP contribution in [0, 0.1) is 0 Å². The van der Waals surface area contributed by atoms with Crippen LogP contribution in [0.15, 0.2) is 18.2 Å². The highest BCUT2D eigenvalue weighted by atomic mass is 35.5. The Bertz CT molecular complexity index is 368. The van der Waals surface area contributed by atoms with E-state index in [1.54, 1.807) is 6.07 Å². The first-order valence-corrected chi connectivity index (χ1v) is 6.80. The molecule has 0 saturated carbocycles. The van der Waals surface area contributed by atoms with E-state index in [1.807, 2.05) is 19.1 Å². The molecular formula is C14H18Cl2O. The van der Waals surface area contributed by atoms with Crippen LogP contribution < -0.4 is 0 Å². The number of benzene rings is 1. The summed E-state index contributed by atoms with van der Waals surface area (Å²) in [5.41, 5.74) is 1.13. The quantitative estimate of drug-likeness (QED) is 0.692. The summed E-state index contributed by atoms with van der Waals surface area (Å²) in [7, 11) is 0. The second-order valence-corrected chi connectivity index (χ2v) is 5.11. The maximum atomic E-state index is 11.3. The fraction of sp³-hybridized carbons (Fsp3) is 0.500. The Morgan fingerprint density at radius 3 is 2.24 bits per heavy atom. The molecule has 0 aliphatic rings. The molecule has 0 bridgehead atoms. The Morgan fingerprint density at radius 2 is 1.76 bits per heavy atom. The Labute approximate surface area is 113 Å². The third kappa shape index (κ3) is 4.69. The summed E-state index contributed by atoms with van der Waals surface area (Å²) in [6.45, 7) is 4.02. The van der Waals surface area contributed by atoms with Gasteiger partial charge in [-0.1, -0.05) is 37.0 Å². The molecule has 0 aliphatic carbocycles. The van der Waals surface area contributed by atoms with Crippen LogP contribution in [0.1, 0.15) is 51.0 Å². The van der Waals surface area contributed by atoms with Gasteiger partial charge in [-0.15, -0.1) is 0 Å². The minimum Gasteiger partial charge on any atom is -0.300 e. The van der Waals surface area contributed by atoms with Crippen LogP contribution in [0.25, 0.3) is 0 Å². The van der Waals surface area contributed by atoms with Crippen LogP contribution in [0.2, 0.25) is 10.0 Å². The fourth-order valence-corrected chi connectivity index (χ4v) is 2.47. The van der Waals surface area contributed by atoms with E-state index in [1.165, 1.54) is 0 Å². The summed E-state index contributed by atoms with van der Waals surface area (Å²) >= 11 is 12.0. The summed E-state index contributed by atoms with van der Waals surface area (Å²) in [5.74, 6) is 0.679. The third-order valence-corrected chi connectivity index (χ3v) is 3.45. The zero-order chi connectivity index (χ0) is 12.8. The van der Waals surface area contributed by atoms with Crippen molar-refractivity contribution >= 4 is 29.0 Å². The lowest BCUT2D eigenvalue weighted by Crippen LogP contribution is -2.02. The molecule has 0 aromatic heterocycles. The van der Waals surface area contributed by atoms with Crippen molar-refractivity contribution in [3.05, 3.63) is 33.8 Å². The van der Waals surface area contributed by atoms with Gasteiger partial charge in [-0.05, 0) is 42.5 Å². The van der Waals surface area contributed by atoms with Crippen molar-refractivity contribution in [1.29, 1.82) is 0 Å². The van der Waals surface area contributed by atoms with Crippen LogP contribution in [-0.2, 0) is 4.79 Å². The summed E-state index contributed by atoms with van der Waals surface area (Å²) in [5, 5.41) is 1.32. The molecule has 0 radical (unpaired) electrons. The van der Waals surface area contributed by atoms with Crippen molar-refractivity contribution < 1.29 is 4.79 Å². The van der Waals surface area contributed by atoms with Gasteiger partial charge in [-0.3, -0.25) is 4.79 Å². The number of halogens is 2. The molecule has 0 fully saturated rings. The van der Waals surface area contributed by atoms with E-state index >= 15 is 0 Å². The summed E-state index contributed by atoms with van der Waals surface area (Å²) < 4.78 is 0. The smallest absolute Gasteiger partial charge is 0.132 e. The Kier molecular flexibility index (Phi) is 6.01. The molecule has 1 atom stereocenters. The maximum absolute atomic E-state index is 11.3. The first-order valence-electron chi connectivity index (χ1n) is 6.04. The van der Waals surface area contributed by atoms with Crippen molar-refractivity contribution in [1.82, 2.24) is 0 Å². The molecule has 94 valence electrons. The molecule has 1 rings (SSSR count). The number of rotatable bonds is 6. The first kappa shape index (κ1) is 14.5. The van der Waals surface area contributed by atoms with Gasteiger partial charge in [-0.25, -0.2) is 0 Å². The van der Waals surface area contributed by atoms with Crippen molar-refractivity contribution in [3.8, 4) is 0 Å². The number of carbonyl (C=O) groups excluding carboxylic acids is 1. The van der Waals surface area contributed by atoms with Gasteiger partial charge in [0.05, 0.1) is 0 Å². The first-order chi connectivity index (χ1) is 8.06. The molecule has 1 aromatic carbocycles. The highest BCUT2D eigenvalue weighted by molar-refractivity contribution is 6.34. The van der Waals surface area contributed by atoms with Gasteiger partial charge in [-0.2, -0.15) is 0 Å². The lowest BCUT2D eigenvalue weighted by Gasteiger charge is -2.15. The molecule has 1 aromatic rings. The zero-order valence-electron chi connectivity index (χ0n) is 10.3. The average Bonchev–Trinajstić information content (AvgIpc) is 2.28. The summed E-state index contributed by atoms with van der Waals surface area (Å²) in [6.07, 6.45) is 3.12. The molecular weight excluding hydrogens is 255 g/mol. The van der Waals surface area contributed by atoms with Crippen LogP contribution in [-0.4, -0.2) is 5.78 Å². The largest absolute Gasteiger partial charge is 0.300 e. The predicted molar refractivity (Wildman–Crippen MR) is 74.0 cm³/mol.